The number of hydrogen-bond donors (Lipinski definition) is 1. The van der Waals surface area contributed by atoms with E-state index in [1.807, 2.05) is 0 Å². The summed E-state index contributed by atoms with van der Waals surface area (Å²) >= 11 is -2.16. The molecule has 0 amide bonds. The minimum atomic E-state index is -2.16. The molecular formula is C8H9FO3S. The highest BCUT2D eigenvalue weighted by atomic mass is 32.2. The molecule has 1 aromatic carbocycles. The summed E-state index contributed by atoms with van der Waals surface area (Å²) in [5.41, 5.74) is 0.139. The van der Waals surface area contributed by atoms with E-state index >= 15 is 0 Å². The van der Waals surface area contributed by atoms with Gasteiger partial charge in [0.25, 0.3) is 0 Å². The van der Waals surface area contributed by atoms with Crippen LogP contribution in [-0.4, -0.2) is 15.9 Å². The first-order valence-corrected chi connectivity index (χ1v) is 4.62. The lowest BCUT2D eigenvalue weighted by molar-refractivity contribution is 0.384. The standard InChI is InChI=1S/C8H9FO3S/c1-5-7(13(10)11)4-3-6(12-2)8(5)9/h3-4H,1-2H3,(H,10,11). The van der Waals surface area contributed by atoms with Gasteiger partial charge in [-0.15, -0.1) is 0 Å². The van der Waals surface area contributed by atoms with Crippen LogP contribution in [0.1, 0.15) is 5.56 Å². The molecule has 0 aliphatic heterocycles. The molecule has 5 heteroatoms. The van der Waals surface area contributed by atoms with Crippen molar-refractivity contribution < 1.29 is 17.9 Å². The molecule has 1 aromatic rings. The molecule has 0 spiro atoms. The third-order valence-corrected chi connectivity index (χ3v) is 2.53. The first kappa shape index (κ1) is 10.1. The molecule has 3 nitrogen and oxygen atoms in total. The molecule has 0 aromatic heterocycles. The van der Waals surface area contributed by atoms with Crippen molar-refractivity contribution in [1.82, 2.24) is 0 Å². The molecule has 0 radical (unpaired) electrons. The zero-order chi connectivity index (χ0) is 10.0. The molecular weight excluding hydrogens is 195 g/mol. The average molecular weight is 204 g/mol. The number of methoxy groups -OCH3 is 1. The summed E-state index contributed by atoms with van der Waals surface area (Å²) in [4.78, 5) is 0.0679. The van der Waals surface area contributed by atoms with Crippen LogP contribution in [0.25, 0.3) is 0 Å². The summed E-state index contributed by atoms with van der Waals surface area (Å²) in [6, 6.07) is 2.69. The molecule has 0 aliphatic rings. The van der Waals surface area contributed by atoms with Gasteiger partial charge in [-0.25, -0.2) is 8.60 Å². The molecule has 0 saturated carbocycles. The Labute approximate surface area is 77.8 Å². The normalized spacial score (nSPS) is 12.6. The summed E-state index contributed by atoms with van der Waals surface area (Å²) in [7, 11) is 1.34. The third kappa shape index (κ3) is 1.87. The summed E-state index contributed by atoms with van der Waals surface area (Å²) in [6.07, 6.45) is 0. The first-order chi connectivity index (χ1) is 6.07. The quantitative estimate of drug-likeness (QED) is 0.746. The van der Waals surface area contributed by atoms with Crippen molar-refractivity contribution in [3.63, 3.8) is 0 Å². The van der Waals surface area contributed by atoms with E-state index in [-0.39, 0.29) is 16.2 Å². The Balaban J connectivity index is 3.31. The topological polar surface area (TPSA) is 46.5 Å². The minimum Gasteiger partial charge on any atom is -0.494 e. The maximum absolute atomic E-state index is 13.3. The molecule has 0 aliphatic carbocycles. The van der Waals surface area contributed by atoms with Crippen molar-refractivity contribution >= 4 is 11.1 Å². The van der Waals surface area contributed by atoms with Gasteiger partial charge in [0.15, 0.2) is 22.6 Å². The predicted molar refractivity (Wildman–Crippen MR) is 46.7 cm³/mol. The van der Waals surface area contributed by atoms with Gasteiger partial charge in [-0.05, 0) is 19.1 Å². The summed E-state index contributed by atoms with van der Waals surface area (Å²) in [5, 5.41) is 0. The van der Waals surface area contributed by atoms with Gasteiger partial charge in [-0.3, -0.25) is 0 Å². The van der Waals surface area contributed by atoms with E-state index in [0.29, 0.717) is 0 Å². The van der Waals surface area contributed by atoms with E-state index in [4.69, 9.17) is 9.29 Å². The molecule has 0 saturated heterocycles. The zero-order valence-electron chi connectivity index (χ0n) is 7.20. The van der Waals surface area contributed by atoms with E-state index in [1.54, 1.807) is 0 Å². The molecule has 1 rings (SSSR count). The van der Waals surface area contributed by atoms with Gasteiger partial charge >= 0.3 is 0 Å². The summed E-state index contributed by atoms with van der Waals surface area (Å²) in [5.74, 6) is -0.519. The Morgan fingerprint density at radius 2 is 2.15 bits per heavy atom. The molecule has 0 fully saturated rings. The molecule has 13 heavy (non-hydrogen) atoms. The van der Waals surface area contributed by atoms with Gasteiger partial charge in [0, 0.05) is 5.56 Å². The largest absolute Gasteiger partial charge is 0.494 e. The van der Waals surface area contributed by atoms with Crippen molar-refractivity contribution in [2.45, 2.75) is 11.8 Å². The van der Waals surface area contributed by atoms with Crippen LogP contribution in [0.15, 0.2) is 17.0 Å². The van der Waals surface area contributed by atoms with E-state index < -0.39 is 16.9 Å². The second-order valence-corrected chi connectivity index (χ2v) is 3.39. The number of rotatable bonds is 2. The highest BCUT2D eigenvalue weighted by Gasteiger charge is 2.12. The van der Waals surface area contributed by atoms with Gasteiger partial charge in [0.2, 0.25) is 0 Å². The van der Waals surface area contributed by atoms with Gasteiger partial charge in [0.1, 0.15) is 0 Å². The summed E-state index contributed by atoms with van der Waals surface area (Å²) < 4.78 is 37.4. The molecule has 0 bridgehead atoms. The number of hydrogen-bond acceptors (Lipinski definition) is 2. The van der Waals surface area contributed by atoms with Crippen molar-refractivity contribution in [2.24, 2.45) is 0 Å². The lowest BCUT2D eigenvalue weighted by Crippen LogP contribution is -1.98. The number of ether oxygens (including phenoxy) is 1. The van der Waals surface area contributed by atoms with Crippen LogP contribution >= 0.6 is 0 Å². The van der Waals surface area contributed by atoms with Gasteiger partial charge in [0.05, 0.1) is 12.0 Å². The van der Waals surface area contributed by atoms with E-state index in [1.165, 1.54) is 26.2 Å². The second-order valence-electron chi connectivity index (χ2n) is 2.45. The van der Waals surface area contributed by atoms with E-state index in [2.05, 4.69) is 0 Å². The fourth-order valence-electron chi connectivity index (χ4n) is 0.989. The Bertz CT molecular complexity index is 351. The molecule has 0 heterocycles. The third-order valence-electron chi connectivity index (χ3n) is 1.71. The van der Waals surface area contributed by atoms with Gasteiger partial charge in [-0.2, -0.15) is 0 Å². The van der Waals surface area contributed by atoms with Crippen molar-refractivity contribution in [2.75, 3.05) is 7.11 Å². The monoisotopic (exact) mass is 204 g/mol. The Hall–Kier alpha value is -0.940. The molecule has 1 unspecified atom stereocenters. The van der Waals surface area contributed by atoms with Gasteiger partial charge in [-0.1, -0.05) is 0 Å². The van der Waals surface area contributed by atoms with Crippen LogP contribution in [-0.2, 0) is 11.1 Å². The smallest absolute Gasteiger partial charge is 0.186 e. The van der Waals surface area contributed by atoms with Gasteiger partial charge < -0.3 is 9.29 Å². The maximum Gasteiger partial charge on any atom is 0.186 e. The second kappa shape index (κ2) is 3.85. The van der Waals surface area contributed by atoms with E-state index in [9.17, 15) is 8.60 Å². The lowest BCUT2D eigenvalue weighted by Gasteiger charge is -2.06. The highest BCUT2D eigenvalue weighted by molar-refractivity contribution is 7.79. The van der Waals surface area contributed by atoms with Crippen molar-refractivity contribution in [3.05, 3.63) is 23.5 Å². The SMILES string of the molecule is COc1ccc(S(=O)O)c(C)c1F. The first-order valence-electron chi connectivity index (χ1n) is 3.52. The fourth-order valence-corrected chi connectivity index (χ4v) is 1.53. The summed E-state index contributed by atoms with van der Waals surface area (Å²) in [6.45, 7) is 1.43. The zero-order valence-corrected chi connectivity index (χ0v) is 8.02. The van der Waals surface area contributed by atoms with Crippen molar-refractivity contribution in [1.29, 1.82) is 0 Å². The van der Waals surface area contributed by atoms with E-state index in [0.717, 1.165) is 0 Å². The van der Waals surface area contributed by atoms with Crippen LogP contribution in [0.3, 0.4) is 0 Å². The lowest BCUT2D eigenvalue weighted by atomic mass is 10.2. The number of benzene rings is 1. The predicted octanol–water partition coefficient (Wildman–Crippen LogP) is 1.72. The Morgan fingerprint density at radius 3 is 2.62 bits per heavy atom. The van der Waals surface area contributed by atoms with Crippen LogP contribution in [0, 0.1) is 12.7 Å². The highest BCUT2D eigenvalue weighted by Crippen LogP contribution is 2.24. The minimum absolute atomic E-state index is 0.0679. The number of halogens is 1. The molecule has 72 valence electrons. The fraction of sp³-hybridized carbons (Fsp3) is 0.250. The Kier molecular flexibility index (Phi) is 3.00. The molecule has 1 N–H and O–H groups in total. The van der Waals surface area contributed by atoms with Crippen LogP contribution in [0.5, 0.6) is 5.75 Å². The Morgan fingerprint density at radius 1 is 1.54 bits per heavy atom. The average Bonchev–Trinajstić information content (AvgIpc) is 2.09. The van der Waals surface area contributed by atoms with Crippen LogP contribution in [0.2, 0.25) is 0 Å². The van der Waals surface area contributed by atoms with Crippen LogP contribution < -0.4 is 4.74 Å². The van der Waals surface area contributed by atoms with Crippen molar-refractivity contribution in [3.8, 4) is 5.75 Å². The molecule has 1 atom stereocenters. The van der Waals surface area contributed by atoms with Crippen LogP contribution in [0.4, 0.5) is 4.39 Å². The maximum atomic E-state index is 13.3.